The zero-order chi connectivity index (χ0) is 12.2. The van der Waals surface area contributed by atoms with Crippen LogP contribution in [-0.4, -0.2) is 29.9 Å². The predicted octanol–water partition coefficient (Wildman–Crippen LogP) is 1.24. The lowest BCUT2D eigenvalue weighted by atomic mass is 10.6. The van der Waals surface area contributed by atoms with Crippen molar-refractivity contribution in [1.29, 1.82) is 0 Å². The van der Waals surface area contributed by atoms with Crippen LogP contribution in [0, 0.1) is 0 Å². The van der Waals surface area contributed by atoms with Crippen LogP contribution >= 0.6 is 0 Å². The number of aromatic nitrogens is 6. The highest BCUT2D eigenvalue weighted by Crippen LogP contribution is 2.04. The van der Waals surface area contributed by atoms with Crippen molar-refractivity contribution in [2.24, 2.45) is 0 Å². The Morgan fingerprint density at radius 3 is 2.50 bits per heavy atom. The lowest BCUT2D eigenvalue weighted by molar-refractivity contribution is 0.590. The van der Waals surface area contributed by atoms with Crippen molar-refractivity contribution in [2.45, 2.75) is 0 Å². The van der Waals surface area contributed by atoms with Crippen LogP contribution in [0.4, 0.5) is 0 Å². The molecule has 88 valence electrons. The largest absolute Gasteiger partial charge is 0.440 e. The lowest BCUT2D eigenvalue weighted by Crippen LogP contribution is -1.75. The van der Waals surface area contributed by atoms with E-state index in [9.17, 15) is 0 Å². The van der Waals surface area contributed by atoms with Crippen molar-refractivity contribution in [3.63, 3.8) is 0 Å². The van der Waals surface area contributed by atoms with Gasteiger partial charge in [0.05, 0.1) is 12.4 Å². The van der Waals surface area contributed by atoms with E-state index in [1.807, 2.05) is 0 Å². The van der Waals surface area contributed by atoms with Crippen LogP contribution in [0.2, 0.25) is 0 Å². The summed E-state index contributed by atoms with van der Waals surface area (Å²) in [7, 11) is 0. The Hall–Kier alpha value is -2.90. The van der Waals surface area contributed by atoms with Gasteiger partial charge in [0.25, 0.3) is 0 Å². The summed E-state index contributed by atoms with van der Waals surface area (Å²) in [6.07, 6.45) is 8.73. The summed E-state index contributed by atoms with van der Waals surface area (Å²) in [5.74, 6) is 0. The van der Waals surface area contributed by atoms with Crippen molar-refractivity contribution in [3.05, 3.63) is 37.8 Å². The first-order valence-electron chi connectivity index (χ1n) is 4.92. The van der Waals surface area contributed by atoms with Crippen molar-refractivity contribution < 1.29 is 8.83 Å². The molecule has 0 aliphatic heterocycles. The predicted molar refractivity (Wildman–Crippen MR) is 59.2 cm³/mol. The Morgan fingerprint density at radius 2 is 1.61 bits per heavy atom. The second kappa shape index (κ2) is 4.53. The number of fused-ring (bicyclic) bond motifs is 2. The number of rotatable bonds is 0. The van der Waals surface area contributed by atoms with Gasteiger partial charge < -0.3 is 8.83 Å². The molecule has 0 atom stereocenters. The molecule has 0 saturated carbocycles. The summed E-state index contributed by atoms with van der Waals surface area (Å²) in [6.45, 7) is 0. The molecule has 0 bridgehead atoms. The minimum absolute atomic E-state index is 0.532. The van der Waals surface area contributed by atoms with Gasteiger partial charge in [0, 0.05) is 0 Å². The third kappa shape index (κ3) is 1.98. The molecule has 0 radical (unpaired) electrons. The molecule has 4 aromatic heterocycles. The van der Waals surface area contributed by atoms with Gasteiger partial charge >= 0.3 is 0 Å². The smallest absolute Gasteiger partial charge is 0.249 e. The minimum atomic E-state index is 0.532. The molecule has 8 nitrogen and oxygen atoms in total. The molecule has 0 aliphatic rings. The Labute approximate surface area is 99.8 Å². The third-order valence-corrected chi connectivity index (χ3v) is 2.03. The van der Waals surface area contributed by atoms with E-state index in [2.05, 4.69) is 29.9 Å². The molecule has 4 heterocycles. The molecule has 0 aliphatic carbocycles. The molecule has 4 aromatic rings. The fourth-order valence-corrected chi connectivity index (χ4v) is 1.25. The maximum Gasteiger partial charge on any atom is 0.249 e. The molecule has 0 unspecified atom stereocenters. The normalized spacial score (nSPS) is 10.2. The lowest BCUT2D eigenvalue weighted by Gasteiger charge is -1.78. The van der Waals surface area contributed by atoms with E-state index in [1.165, 1.54) is 25.4 Å². The molecule has 0 saturated heterocycles. The molecule has 0 aromatic carbocycles. The third-order valence-electron chi connectivity index (χ3n) is 2.03. The topological polar surface area (TPSA) is 104 Å². The van der Waals surface area contributed by atoms with E-state index in [4.69, 9.17) is 8.83 Å². The molecule has 8 heteroatoms. The second-order valence-corrected chi connectivity index (χ2v) is 3.13. The van der Waals surface area contributed by atoms with Gasteiger partial charge in [0.2, 0.25) is 11.4 Å². The standard InChI is InChI=1S/2C5H3N3O/c1-4-5(7-2-6-1)8-3-9-4;1-4-5(7-2-6-1)9-3-8-4/h2*1-3H. The first kappa shape index (κ1) is 10.3. The van der Waals surface area contributed by atoms with E-state index in [0.717, 1.165) is 0 Å². The SMILES string of the molecule is c1ncc2ncoc2n1.c1ncc2ocnc2n1. The van der Waals surface area contributed by atoms with Gasteiger partial charge in [-0.1, -0.05) is 0 Å². The maximum atomic E-state index is 4.88. The fourth-order valence-electron chi connectivity index (χ4n) is 1.25. The summed E-state index contributed by atoms with van der Waals surface area (Å²) >= 11 is 0. The van der Waals surface area contributed by atoms with Gasteiger partial charge in [-0.25, -0.2) is 19.9 Å². The van der Waals surface area contributed by atoms with E-state index in [1.54, 1.807) is 12.4 Å². The average molecular weight is 242 g/mol. The average Bonchev–Trinajstić information content (AvgIpc) is 3.08. The second-order valence-electron chi connectivity index (χ2n) is 3.13. The van der Waals surface area contributed by atoms with E-state index in [0.29, 0.717) is 22.5 Å². The van der Waals surface area contributed by atoms with Crippen LogP contribution in [0.15, 0.2) is 46.7 Å². The van der Waals surface area contributed by atoms with Crippen molar-refractivity contribution >= 4 is 22.5 Å². The van der Waals surface area contributed by atoms with Crippen LogP contribution in [0.25, 0.3) is 22.5 Å². The summed E-state index contributed by atoms with van der Waals surface area (Å²) in [4.78, 5) is 22.7. The molecule has 4 rings (SSSR count). The van der Waals surface area contributed by atoms with Gasteiger partial charge in [-0.2, -0.15) is 9.97 Å². The summed E-state index contributed by atoms with van der Waals surface area (Å²) in [5.41, 5.74) is 2.45. The van der Waals surface area contributed by atoms with E-state index >= 15 is 0 Å². The molecule has 18 heavy (non-hydrogen) atoms. The Bertz CT molecular complexity index is 638. The quantitative estimate of drug-likeness (QED) is 0.453. The van der Waals surface area contributed by atoms with Crippen molar-refractivity contribution in [3.8, 4) is 0 Å². The van der Waals surface area contributed by atoms with Crippen LogP contribution in [0.1, 0.15) is 0 Å². The highest BCUT2D eigenvalue weighted by atomic mass is 16.3. The van der Waals surface area contributed by atoms with Crippen molar-refractivity contribution in [2.75, 3.05) is 0 Å². The number of hydrogen-bond donors (Lipinski definition) is 0. The highest BCUT2D eigenvalue weighted by Gasteiger charge is 1.94. The highest BCUT2D eigenvalue weighted by molar-refractivity contribution is 5.65. The van der Waals surface area contributed by atoms with Crippen LogP contribution in [0.5, 0.6) is 0 Å². The number of oxazole rings is 2. The van der Waals surface area contributed by atoms with E-state index < -0.39 is 0 Å². The number of nitrogens with zero attached hydrogens (tertiary/aromatic N) is 6. The Kier molecular flexibility index (Phi) is 2.59. The van der Waals surface area contributed by atoms with Gasteiger partial charge in [0.15, 0.2) is 18.4 Å². The first-order valence-corrected chi connectivity index (χ1v) is 4.92. The van der Waals surface area contributed by atoms with Gasteiger partial charge in [-0.15, -0.1) is 0 Å². The Morgan fingerprint density at radius 1 is 0.778 bits per heavy atom. The van der Waals surface area contributed by atoms with Crippen LogP contribution in [-0.2, 0) is 0 Å². The maximum absolute atomic E-state index is 4.88. The van der Waals surface area contributed by atoms with Crippen LogP contribution in [0.3, 0.4) is 0 Å². The minimum Gasteiger partial charge on any atom is -0.440 e. The molecule has 0 spiro atoms. The van der Waals surface area contributed by atoms with E-state index in [-0.39, 0.29) is 0 Å². The Balaban J connectivity index is 0.000000111. The van der Waals surface area contributed by atoms with Gasteiger partial charge in [-0.05, 0) is 0 Å². The molecule has 0 amide bonds. The first-order chi connectivity index (χ1) is 8.93. The summed E-state index contributed by atoms with van der Waals surface area (Å²) in [6, 6.07) is 0. The fraction of sp³-hybridized carbons (Fsp3) is 0. The van der Waals surface area contributed by atoms with Crippen molar-refractivity contribution in [1.82, 2.24) is 29.9 Å². The van der Waals surface area contributed by atoms with Gasteiger partial charge in [0.1, 0.15) is 18.2 Å². The molecule has 0 N–H and O–H groups in total. The summed E-state index contributed by atoms with van der Waals surface area (Å²) in [5, 5.41) is 0. The monoisotopic (exact) mass is 242 g/mol. The number of hydrogen-bond acceptors (Lipinski definition) is 8. The van der Waals surface area contributed by atoms with Gasteiger partial charge in [-0.3, -0.25) is 0 Å². The van der Waals surface area contributed by atoms with Crippen LogP contribution < -0.4 is 0 Å². The zero-order valence-electron chi connectivity index (χ0n) is 8.96. The molecular formula is C10H6N6O2. The zero-order valence-corrected chi connectivity index (χ0v) is 8.96. The molecular weight excluding hydrogens is 236 g/mol. The summed E-state index contributed by atoms with van der Waals surface area (Å²) < 4.78 is 9.74. The molecule has 0 fully saturated rings.